The highest BCUT2D eigenvalue weighted by Crippen LogP contribution is 2.19. The van der Waals surface area contributed by atoms with Crippen LogP contribution in [0.2, 0.25) is 0 Å². The van der Waals surface area contributed by atoms with Gasteiger partial charge in [0.2, 0.25) is 10.0 Å². The van der Waals surface area contributed by atoms with Crippen molar-refractivity contribution >= 4 is 10.0 Å². The number of rotatable bonds is 3. The first-order chi connectivity index (χ1) is 5.55. The Hall–Kier alpha value is -0.170. The molecule has 1 saturated heterocycles. The SMILES string of the molecule is CS(=O)(=O)N1CCCC1CNN. The fraction of sp³-hybridized carbons (Fsp3) is 1.00. The maximum absolute atomic E-state index is 11.2. The van der Waals surface area contributed by atoms with E-state index in [4.69, 9.17) is 5.84 Å². The van der Waals surface area contributed by atoms with Crippen molar-refractivity contribution in [3.63, 3.8) is 0 Å². The van der Waals surface area contributed by atoms with E-state index in [1.807, 2.05) is 0 Å². The first kappa shape index (κ1) is 9.91. The van der Waals surface area contributed by atoms with Gasteiger partial charge < -0.3 is 0 Å². The molecule has 1 fully saturated rings. The van der Waals surface area contributed by atoms with Crippen LogP contribution in [-0.2, 0) is 10.0 Å². The van der Waals surface area contributed by atoms with Gasteiger partial charge in [-0.1, -0.05) is 0 Å². The minimum Gasteiger partial charge on any atom is -0.271 e. The molecule has 1 aliphatic heterocycles. The molecule has 0 saturated carbocycles. The monoisotopic (exact) mass is 193 g/mol. The number of sulfonamides is 1. The van der Waals surface area contributed by atoms with Crippen LogP contribution in [0.4, 0.5) is 0 Å². The molecule has 5 nitrogen and oxygen atoms in total. The fourth-order valence-corrected chi connectivity index (χ4v) is 2.77. The van der Waals surface area contributed by atoms with Crippen LogP contribution in [0.15, 0.2) is 0 Å². The molecular formula is C6H15N3O2S. The van der Waals surface area contributed by atoms with E-state index >= 15 is 0 Å². The molecule has 6 heteroatoms. The highest BCUT2D eigenvalue weighted by Gasteiger charge is 2.30. The maximum atomic E-state index is 11.2. The fourth-order valence-electron chi connectivity index (χ4n) is 1.59. The average Bonchev–Trinajstić information content (AvgIpc) is 2.34. The Labute approximate surface area is 72.9 Å². The third kappa shape index (κ3) is 2.16. The lowest BCUT2D eigenvalue weighted by molar-refractivity contribution is 0.377. The second kappa shape index (κ2) is 3.69. The standard InChI is InChI=1S/C6H15N3O2S/c1-12(10,11)9-4-2-3-6(9)5-8-7/h6,8H,2-5,7H2,1H3. The normalized spacial score (nSPS) is 26.3. The zero-order valence-corrected chi connectivity index (χ0v) is 7.97. The molecule has 0 aliphatic carbocycles. The van der Waals surface area contributed by atoms with Crippen LogP contribution in [0.3, 0.4) is 0 Å². The smallest absolute Gasteiger partial charge is 0.211 e. The van der Waals surface area contributed by atoms with Gasteiger partial charge in [0.1, 0.15) is 0 Å². The lowest BCUT2D eigenvalue weighted by atomic mass is 10.2. The molecule has 0 aromatic rings. The molecule has 72 valence electrons. The molecule has 0 radical (unpaired) electrons. The topological polar surface area (TPSA) is 75.4 Å². The Bertz CT molecular complexity index is 239. The summed E-state index contributed by atoms with van der Waals surface area (Å²) in [5, 5.41) is 0. The van der Waals surface area contributed by atoms with Crippen LogP contribution >= 0.6 is 0 Å². The predicted molar refractivity (Wildman–Crippen MR) is 46.8 cm³/mol. The number of hydrogen-bond acceptors (Lipinski definition) is 4. The summed E-state index contributed by atoms with van der Waals surface area (Å²) in [5.74, 6) is 5.14. The molecule has 0 spiro atoms. The predicted octanol–water partition coefficient (Wildman–Crippen LogP) is -1.13. The minimum absolute atomic E-state index is 0.0463. The molecule has 1 aliphatic rings. The van der Waals surface area contributed by atoms with Crippen LogP contribution in [0, 0.1) is 0 Å². The summed E-state index contributed by atoms with van der Waals surface area (Å²) in [7, 11) is -3.04. The number of hydrogen-bond donors (Lipinski definition) is 2. The number of hydrazine groups is 1. The summed E-state index contributed by atoms with van der Waals surface area (Å²) in [6, 6.07) is 0.0463. The van der Waals surface area contributed by atoms with Gasteiger partial charge in [-0.2, -0.15) is 4.31 Å². The third-order valence-electron chi connectivity index (χ3n) is 2.10. The van der Waals surface area contributed by atoms with E-state index in [-0.39, 0.29) is 6.04 Å². The number of nitrogens with zero attached hydrogens (tertiary/aromatic N) is 1. The Kier molecular flexibility index (Phi) is 3.05. The maximum Gasteiger partial charge on any atom is 0.211 e. The highest BCUT2D eigenvalue weighted by atomic mass is 32.2. The van der Waals surface area contributed by atoms with Gasteiger partial charge in [0.25, 0.3) is 0 Å². The van der Waals surface area contributed by atoms with Crippen LogP contribution in [0.5, 0.6) is 0 Å². The van der Waals surface area contributed by atoms with Crippen molar-refractivity contribution in [1.29, 1.82) is 0 Å². The van der Waals surface area contributed by atoms with E-state index in [0.717, 1.165) is 12.8 Å². The van der Waals surface area contributed by atoms with Crippen LogP contribution in [0.1, 0.15) is 12.8 Å². The van der Waals surface area contributed by atoms with Crippen LogP contribution < -0.4 is 11.3 Å². The van der Waals surface area contributed by atoms with E-state index in [0.29, 0.717) is 13.1 Å². The molecule has 0 amide bonds. The summed E-state index contributed by atoms with van der Waals surface area (Å²) in [5.41, 5.74) is 2.51. The molecule has 1 unspecified atom stereocenters. The summed E-state index contributed by atoms with van der Waals surface area (Å²) < 4.78 is 23.9. The summed E-state index contributed by atoms with van der Waals surface area (Å²) in [6.45, 7) is 1.16. The Morgan fingerprint density at radius 1 is 1.67 bits per heavy atom. The van der Waals surface area contributed by atoms with Crippen molar-refractivity contribution < 1.29 is 8.42 Å². The van der Waals surface area contributed by atoms with Crippen molar-refractivity contribution in [2.75, 3.05) is 19.3 Å². The first-order valence-electron chi connectivity index (χ1n) is 3.96. The van der Waals surface area contributed by atoms with Crippen molar-refractivity contribution in [2.45, 2.75) is 18.9 Å². The van der Waals surface area contributed by atoms with Gasteiger partial charge >= 0.3 is 0 Å². The van der Waals surface area contributed by atoms with E-state index in [9.17, 15) is 8.42 Å². The molecule has 1 heterocycles. The second-order valence-corrected chi connectivity index (χ2v) is 5.01. The van der Waals surface area contributed by atoms with Crippen LogP contribution in [-0.4, -0.2) is 38.1 Å². The van der Waals surface area contributed by atoms with Gasteiger partial charge in [-0.05, 0) is 12.8 Å². The molecule has 0 aromatic heterocycles. The number of nitrogens with two attached hydrogens (primary N) is 1. The van der Waals surface area contributed by atoms with E-state index in [1.54, 1.807) is 0 Å². The van der Waals surface area contributed by atoms with Gasteiger partial charge in [-0.3, -0.25) is 11.3 Å². The lowest BCUT2D eigenvalue weighted by Gasteiger charge is -2.21. The average molecular weight is 193 g/mol. The zero-order chi connectivity index (χ0) is 9.19. The minimum atomic E-state index is -3.04. The van der Waals surface area contributed by atoms with Gasteiger partial charge in [-0.25, -0.2) is 8.42 Å². The Morgan fingerprint density at radius 2 is 2.33 bits per heavy atom. The molecule has 0 aromatic carbocycles. The highest BCUT2D eigenvalue weighted by molar-refractivity contribution is 7.88. The lowest BCUT2D eigenvalue weighted by Crippen LogP contribution is -2.42. The van der Waals surface area contributed by atoms with E-state index in [1.165, 1.54) is 10.6 Å². The summed E-state index contributed by atoms with van der Waals surface area (Å²) >= 11 is 0. The number of nitrogens with one attached hydrogen (secondary N) is 1. The van der Waals surface area contributed by atoms with Crippen molar-refractivity contribution in [2.24, 2.45) is 5.84 Å². The second-order valence-electron chi connectivity index (χ2n) is 3.08. The molecular weight excluding hydrogens is 178 g/mol. The Morgan fingerprint density at radius 3 is 2.83 bits per heavy atom. The summed E-state index contributed by atoms with van der Waals surface area (Å²) in [4.78, 5) is 0. The van der Waals surface area contributed by atoms with E-state index in [2.05, 4.69) is 5.43 Å². The third-order valence-corrected chi connectivity index (χ3v) is 3.44. The molecule has 12 heavy (non-hydrogen) atoms. The van der Waals surface area contributed by atoms with Crippen LogP contribution in [0.25, 0.3) is 0 Å². The molecule has 0 bridgehead atoms. The van der Waals surface area contributed by atoms with Gasteiger partial charge in [0.05, 0.1) is 6.26 Å². The Balaban J connectivity index is 2.64. The molecule has 3 N–H and O–H groups in total. The van der Waals surface area contributed by atoms with Gasteiger partial charge in [-0.15, -0.1) is 0 Å². The van der Waals surface area contributed by atoms with Gasteiger partial charge in [0, 0.05) is 19.1 Å². The quantitative estimate of drug-likeness (QED) is 0.439. The van der Waals surface area contributed by atoms with Crippen molar-refractivity contribution in [1.82, 2.24) is 9.73 Å². The largest absolute Gasteiger partial charge is 0.271 e. The van der Waals surface area contributed by atoms with Crippen molar-refractivity contribution in [3.8, 4) is 0 Å². The molecule has 1 atom stereocenters. The van der Waals surface area contributed by atoms with Crippen molar-refractivity contribution in [3.05, 3.63) is 0 Å². The summed E-state index contributed by atoms with van der Waals surface area (Å²) in [6.07, 6.45) is 3.07. The first-order valence-corrected chi connectivity index (χ1v) is 5.81. The van der Waals surface area contributed by atoms with E-state index < -0.39 is 10.0 Å². The molecule has 1 rings (SSSR count). The van der Waals surface area contributed by atoms with Gasteiger partial charge in [0.15, 0.2) is 0 Å². The zero-order valence-electron chi connectivity index (χ0n) is 7.16.